The van der Waals surface area contributed by atoms with Crippen LogP contribution in [0.3, 0.4) is 0 Å². The molecule has 0 atom stereocenters. The van der Waals surface area contributed by atoms with Gasteiger partial charge in [-0.25, -0.2) is 0 Å². The van der Waals surface area contributed by atoms with Gasteiger partial charge in [-0.3, -0.25) is 14.6 Å². The number of carbonyl (C=O) groups is 1. The molecule has 2 aliphatic heterocycles. The Bertz CT molecular complexity index is 949. The second kappa shape index (κ2) is 11.8. The van der Waals surface area contributed by atoms with Crippen molar-refractivity contribution in [3.63, 3.8) is 0 Å². The number of nitrogens with zero attached hydrogens (tertiary/aromatic N) is 5. The van der Waals surface area contributed by atoms with Crippen LogP contribution in [0.5, 0.6) is 0 Å². The summed E-state index contributed by atoms with van der Waals surface area (Å²) in [6.07, 6.45) is 1.72. The van der Waals surface area contributed by atoms with E-state index in [4.69, 9.17) is 5.11 Å². The minimum Gasteiger partial charge on any atom is -0.395 e. The molecule has 0 radical (unpaired) electrons. The fraction of sp³-hybridized carbons (Fsp3) is 0.407. The third-order valence-electron chi connectivity index (χ3n) is 6.68. The minimum absolute atomic E-state index is 0.140. The average Bonchev–Trinajstić information content (AvgIpc) is 2.90. The topological polar surface area (TPSA) is 74.0 Å². The number of aliphatic hydroxyl groups is 1. The zero-order chi connectivity index (χ0) is 23.8. The first kappa shape index (κ1) is 24.0. The second-order valence-electron chi connectivity index (χ2n) is 8.81. The fourth-order valence-corrected chi connectivity index (χ4v) is 4.81. The second-order valence-corrected chi connectivity index (χ2v) is 8.81. The molecule has 1 N–H and O–H groups in total. The van der Waals surface area contributed by atoms with Gasteiger partial charge in [-0.2, -0.15) is 5.26 Å². The quantitative estimate of drug-likeness (QED) is 0.504. The van der Waals surface area contributed by atoms with Crippen LogP contribution < -0.4 is 0 Å². The van der Waals surface area contributed by atoms with Crippen molar-refractivity contribution in [3.8, 4) is 6.07 Å². The first-order valence-electron chi connectivity index (χ1n) is 12.0. The summed E-state index contributed by atoms with van der Waals surface area (Å²) in [6.45, 7) is 6.65. The lowest BCUT2D eigenvalue weighted by atomic mass is 9.96. The van der Waals surface area contributed by atoms with Crippen LogP contribution in [-0.2, 0) is 4.79 Å². The van der Waals surface area contributed by atoms with Crippen LogP contribution in [0.1, 0.15) is 17.2 Å². The number of nitriles is 1. The summed E-state index contributed by atoms with van der Waals surface area (Å²) in [6, 6.07) is 23.2. The van der Waals surface area contributed by atoms with Gasteiger partial charge in [0.1, 0.15) is 11.6 Å². The Labute approximate surface area is 202 Å². The van der Waals surface area contributed by atoms with Crippen LogP contribution in [0.2, 0.25) is 0 Å². The predicted molar refractivity (Wildman–Crippen MR) is 132 cm³/mol. The maximum Gasteiger partial charge on any atom is 0.266 e. The van der Waals surface area contributed by atoms with Crippen molar-refractivity contribution in [2.45, 2.75) is 6.04 Å². The van der Waals surface area contributed by atoms with Crippen molar-refractivity contribution in [3.05, 3.63) is 83.6 Å². The molecule has 0 saturated carbocycles. The van der Waals surface area contributed by atoms with Crippen LogP contribution in [-0.4, -0.2) is 96.1 Å². The lowest BCUT2D eigenvalue weighted by molar-refractivity contribution is -0.128. The Balaban J connectivity index is 1.40. The molecule has 0 unspecified atom stereocenters. The Morgan fingerprint density at radius 3 is 1.94 bits per heavy atom. The van der Waals surface area contributed by atoms with Gasteiger partial charge in [-0.1, -0.05) is 60.7 Å². The van der Waals surface area contributed by atoms with E-state index >= 15 is 0 Å². The number of carbonyl (C=O) groups excluding carboxylic acids is 1. The molecule has 7 heteroatoms. The monoisotopic (exact) mass is 459 g/mol. The molecule has 2 fully saturated rings. The minimum atomic E-state index is -0.184. The summed E-state index contributed by atoms with van der Waals surface area (Å²) in [7, 11) is 0. The number of β-amino-alcohol motifs (C(OH)–C–C–N with tert-alkyl or cyclic N) is 1. The van der Waals surface area contributed by atoms with Crippen LogP contribution in [0.25, 0.3) is 0 Å². The SMILES string of the molecule is N#C/C(=C/N1CCN(CCO)CC1)C(=O)N1CCN(C(c2ccccc2)c2ccccc2)CC1. The van der Waals surface area contributed by atoms with Crippen LogP contribution in [0, 0.1) is 11.3 Å². The van der Waals surface area contributed by atoms with Gasteiger partial charge in [0, 0.05) is 65.1 Å². The van der Waals surface area contributed by atoms with Crippen molar-refractivity contribution in [1.82, 2.24) is 19.6 Å². The molecule has 0 spiro atoms. The number of hydrogen-bond acceptors (Lipinski definition) is 6. The van der Waals surface area contributed by atoms with Crippen molar-refractivity contribution in [1.29, 1.82) is 5.26 Å². The lowest BCUT2D eigenvalue weighted by Gasteiger charge is -2.40. The first-order valence-corrected chi connectivity index (χ1v) is 12.0. The molecule has 178 valence electrons. The molecule has 0 aliphatic carbocycles. The highest BCUT2D eigenvalue weighted by molar-refractivity contribution is 5.97. The van der Waals surface area contributed by atoms with E-state index in [2.05, 4.69) is 64.4 Å². The highest BCUT2D eigenvalue weighted by atomic mass is 16.3. The number of hydrogen-bond donors (Lipinski definition) is 1. The molecule has 2 aromatic carbocycles. The molecule has 2 saturated heterocycles. The van der Waals surface area contributed by atoms with Gasteiger partial charge in [0.25, 0.3) is 5.91 Å². The van der Waals surface area contributed by atoms with Gasteiger partial charge in [-0.15, -0.1) is 0 Å². The van der Waals surface area contributed by atoms with E-state index in [0.29, 0.717) is 19.6 Å². The molecular weight excluding hydrogens is 426 g/mol. The molecule has 1 amide bonds. The smallest absolute Gasteiger partial charge is 0.266 e. The Kier molecular flexibility index (Phi) is 8.31. The van der Waals surface area contributed by atoms with Crippen LogP contribution >= 0.6 is 0 Å². The fourth-order valence-electron chi connectivity index (χ4n) is 4.81. The molecule has 0 bridgehead atoms. The summed E-state index contributed by atoms with van der Waals surface area (Å²) in [5.74, 6) is -0.184. The van der Waals surface area contributed by atoms with E-state index in [-0.39, 0.29) is 24.1 Å². The van der Waals surface area contributed by atoms with Crippen LogP contribution in [0.4, 0.5) is 0 Å². The van der Waals surface area contributed by atoms with Crippen molar-refractivity contribution >= 4 is 5.91 Å². The molecule has 2 aliphatic rings. The zero-order valence-corrected chi connectivity index (χ0v) is 19.6. The molecule has 0 aromatic heterocycles. The molecule has 34 heavy (non-hydrogen) atoms. The van der Waals surface area contributed by atoms with Gasteiger partial charge < -0.3 is 14.9 Å². The maximum absolute atomic E-state index is 13.1. The van der Waals surface area contributed by atoms with Gasteiger partial charge in [-0.05, 0) is 11.1 Å². The number of benzene rings is 2. The summed E-state index contributed by atoms with van der Waals surface area (Å²) in [5.41, 5.74) is 2.68. The van der Waals surface area contributed by atoms with E-state index < -0.39 is 0 Å². The van der Waals surface area contributed by atoms with E-state index in [1.807, 2.05) is 17.0 Å². The number of amides is 1. The highest BCUT2D eigenvalue weighted by Crippen LogP contribution is 2.29. The highest BCUT2D eigenvalue weighted by Gasteiger charge is 2.29. The Morgan fingerprint density at radius 1 is 0.882 bits per heavy atom. The van der Waals surface area contributed by atoms with E-state index in [1.165, 1.54) is 11.1 Å². The third-order valence-corrected chi connectivity index (χ3v) is 6.68. The average molecular weight is 460 g/mol. The number of piperazine rings is 2. The third kappa shape index (κ3) is 5.84. The molecular formula is C27H33N5O2. The zero-order valence-electron chi connectivity index (χ0n) is 19.6. The van der Waals surface area contributed by atoms with Crippen LogP contribution in [0.15, 0.2) is 72.4 Å². The summed E-state index contributed by atoms with van der Waals surface area (Å²) in [5, 5.41) is 18.8. The Hall–Kier alpha value is -3.18. The molecule has 2 aromatic rings. The molecule has 7 nitrogen and oxygen atoms in total. The first-order chi connectivity index (χ1) is 16.7. The van der Waals surface area contributed by atoms with Crippen molar-refractivity contribution in [2.75, 3.05) is 65.5 Å². The van der Waals surface area contributed by atoms with E-state index in [1.54, 1.807) is 11.1 Å². The van der Waals surface area contributed by atoms with Gasteiger partial charge in [0.2, 0.25) is 0 Å². The summed E-state index contributed by atoms with van der Waals surface area (Å²) >= 11 is 0. The largest absolute Gasteiger partial charge is 0.395 e. The summed E-state index contributed by atoms with van der Waals surface area (Å²) in [4.78, 5) is 21.6. The molecule has 4 rings (SSSR count). The van der Waals surface area contributed by atoms with Gasteiger partial charge in [0.05, 0.1) is 12.6 Å². The normalized spacial score (nSPS) is 18.2. The van der Waals surface area contributed by atoms with Crippen molar-refractivity contribution in [2.24, 2.45) is 0 Å². The standard InChI is InChI=1S/C27H33N5O2/c28-21-25(22-30-13-11-29(12-14-30)19-20-33)27(34)32-17-15-31(16-18-32)26(23-7-3-1-4-8-23)24-9-5-2-6-10-24/h1-10,22,26,33H,11-20H2/b25-22-. The number of rotatable bonds is 7. The van der Waals surface area contributed by atoms with E-state index in [9.17, 15) is 10.1 Å². The van der Waals surface area contributed by atoms with Gasteiger partial charge in [0.15, 0.2) is 0 Å². The Morgan fingerprint density at radius 2 is 1.44 bits per heavy atom. The molecule has 2 heterocycles. The van der Waals surface area contributed by atoms with Crippen molar-refractivity contribution < 1.29 is 9.90 Å². The number of aliphatic hydroxyl groups excluding tert-OH is 1. The van der Waals surface area contributed by atoms with E-state index in [0.717, 1.165) is 39.3 Å². The van der Waals surface area contributed by atoms with Gasteiger partial charge >= 0.3 is 0 Å². The lowest BCUT2D eigenvalue weighted by Crippen LogP contribution is -2.50. The summed E-state index contributed by atoms with van der Waals surface area (Å²) < 4.78 is 0. The predicted octanol–water partition coefficient (Wildman–Crippen LogP) is 1.94. The maximum atomic E-state index is 13.1.